The molecule has 9 rings (SSSR count). The molecule has 1 aromatic carbocycles. The molecule has 1 heteroatoms. The summed E-state index contributed by atoms with van der Waals surface area (Å²) in [6.45, 7) is 0. The lowest BCUT2D eigenvalue weighted by molar-refractivity contribution is -0.243. The second-order valence-corrected chi connectivity index (χ2v) is 9.92. The molecule has 0 aromatic heterocycles. The summed E-state index contributed by atoms with van der Waals surface area (Å²) in [4.78, 5) is 0. The predicted molar refractivity (Wildman–Crippen MR) is 104 cm³/mol. The monoisotopic (exact) mass is 352 g/mol. The van der Waals surface area contributed by atoms with Gasteiger partial charge in [-0.2, -0.15) is 0 Å². The molecular formula is C26H24O. The minimum absolute atomic E-state index is 0.361. The molecule has 27 heavy (non-hydrogen) atoms. The first-order chi connectivity index (χ1) is 13.4. The van der Waals surface area contributed by atoms with Gasteiger partial charge >= 0.3 is 0 Å². The number of allylic oxidation sites excluding steroid dienone is 8. The van der Waals surface area contributed by atoms with Crippen molar-refractivity contribution in [3.8, 4) is 0 Å². The largest absolute Gasteiger partial charge is 0.365 e. The molecule has 2 aliphatic heterocycles. The van der Waals surface area contributed by atoms with E-state index in [4.69, 9.17) is 4.74 Å². The van der Waals surface area contributed by atoms with Crippen molar-refractivity contribution in [2.24, 2.45) is 59.2 Å². The van der Waals surface area contributed by atoms with Crippen LogP contribution in [-0.4, -0.2) is 0 Å². The molecule has 2 heterocycles. The Morgan fingerprint density at radius 3 is 1.48 bits per heavy atom. The topological polar surface area (TPSA) is 9.23 Å². The van der Waals surface area contributed by atoms with Crippen LogP contribution in [-0.2, 0) is 4.74 Å². The Balaban J connectivity index is 1.23. The zero-order chi connectivity index (χ0) is 17.3. The van der Waals surface area contributed by atoms with E-state index >= 15 is 0 Å². The van der Waals surface area contributed by atoms with Gasteiger partial charge in [-0.3, -0.25) is 0 Å². The van der Waals surface area contributed by atoms with Gasteiger partial charge in [0.1, 0.15) is 0 Å². The molecule has 0 amide bonds. The fourth-order valence-corrected chi connectivity index (χ4v) is 8.86. The standard InChI is InChI=1S/C26H24O/c1-2-4-8-14-13(7-3-1)19-20(14)22-18-12-11-17(21(19)22)23-24(18)26-16-10-6-5-9-15(16)25(23)27-26/h1-14,17-26H/b2-1-,7-3-,8-4?/t13-,14+,17+,18-,19-,20+,21+,22-,23+,24-,25-,26+/m1/s1. The molecule has 3 saturated carbocycles. The van der Waals surface area contributed by atoms with E-state index in [-0.39, 0.29) is 0 Å². The summed E-state index contributed by atoms with van der Waals surface area (Å²) < 4.78 is 6.67. The van der Waals surface area contributed by atoms with Gasteiger partial charge in [-0.05, 0) is 58.5 Å². The molecule has 4 fully saturated rings. The summed E-state index contributed by atoms with van der Waals surface area (Å²) in [6.07, 6.45) is 20.0. The smallest absolute Gasteiger partial charge is 0.0874 e. The van der Waals surface area contributed by atoms with Crippen molar-refractivity contribution in [2.45, 2.75) is 12.2 Å². The number of fused-ring (bicyclic) bond motifs is 9. The molecule has 0 spiro atoms. The third-order valence-corrected chi connectivity index (χ3v) is 9.49. The highest BCUT2D eigenvalue weighted by Crippen LogP contribution is 2.79. The first-order valence-corrected chi connectivity index (χ1v) is 10.9. The Bertz CT molecular complexity index is 891. The molecule has 1 aromatic rings. The normalized spacial score (nSPS) is 58.5. The van der Waals surface area contributed by atoms with Crippen molar-refractivity contribution in [3.63, 3.8) is 0 Å². The highest BCUT2D eigenvalue weighted by Gasteiger charge is 2.75. The number of hydrogen-bond donors (Lipinski definition) is 0. The highest BCUT2D eigenvalue weighted by molar-refractivity contribution is 5.43. The first kappa shape index (κ1) is 14.2. The van der Waals surface area contributed by atoms with Crippen molar-refractivity contribution < 1.29 is 4.74 Å². The summed E-state index contributed by atoms with van der Waals surface area (Å²) >= 11 is 0. The van der Waals surface area contributed by atoms with Crippen molar-refractivity contribution in [1.82, 2.24) is 0 Å². The SMILES string of the molecule is C1=C[C@H]2[C@@H](/C=C\C=C/1)[C@@H]1[C@H]2[C@H]2[C@H]3C=C[C@@H]([C@H]21)[C@H]1[C@@H]3[C@H]2O[C@@H]1c1ccccc12. The quantitative estimate of drug-likeness (QED) is 0.578. The molecule has 1 saturated heterocycles. The van der Waals surface area contributed by atoms with Gasteiger partial charge in [0.2, 0.25) is 0 Å². The number of rotatable bonds is 0. The molecule has 8 aliphatic rings. The fraction of sp³-hybridized carbons (Fsp3) is 0.462. The van der Waals surface area contributed by atoms with Crippen LogP contribution in [0.25, 0.3) is 0 Å². The van der Waals surface area contributed by atoms with E-state index in [1.54, 1.807) is 0 Å². The van der Waals surface area contributed by atoms with Crippen LogP contribution >= 0.6 is 0 Å². The van der Waals surface area contributed by atoms with E-state index in [1.807, 2.05) is 0 Å². The molecule has 134 valence electrons. The van der Waals surface area contributed by atoms with E-state index in [0.29, 0.717) is 12.2 Å². The van der Waals surface area contributed by atoms with Gasteiger partial charge in [0.25, 0.3) is 0 Å². The lowest BCUT2D eigenvalue weighted by atomic mass is 9.29. The minimum Gasteiger partial charge on any atom is -0.365 e. The number of hydrogen-bond acceptors (Lipinski definition) is 1. The van der Waals surface area contributed by atoms with Crippen molar-refractivity contribution in [3.05, 3.63) is 84.0 Å². The summed E-state index contributed by atoms with van der Waals surface area (Å²) in [7, 11) is 0. The van der Waals surface area contributed by atoms with Crippen LogP contribution in [0, 0.1) is 59.2 Å². The molecular weight excluding hydrogens is 328 g/mol. The third kappa shape index (κ3) is 1.42. The van der Waals surface area contributed by atoms with Crippen molar-refractivity contribution in [1.29, 1.82) is 0 Å². The van der Waals surface area contributed by atoms with Crippen molar-refractivity contribution in [2.75, 3.05) is 0 Å². The van der Waals surface area contributed by atoms with Crippen LogP contribution in [0.2, 0.25) is 0 Å². The number of benzene rings is 1. The van der Waals surface area contributed by atoms with Gasteiger partial charge in [-0.25, -0.2) is 0 Å². The Hall–Kier alpha value is -1.86. The van der Waals surface area contributed by atoms with Crippen LogP contribution in [0.3, 0.4) is 0 Å². The summed E-state index contributed by atoms with van der Waals surface area (Å²) in [5.41, 5.74) is 3.00. The molecule has 1 nitrogen and oxygen atoms in total. The highest BCUT2D eigenvalue weighted by atomic mass is 16.5. The summed E-state index contributed by atoms with van der Waals surface area (Å²) in [6, 6.07) is 9.06. The second-order valence-electron chi connectivity index (χ2n) is 9.92. The van der Waals surface area contributed by atoms with E-state index < -0.39 is 0 Å². The Kier molecular flexibility index (Phi) is 2.40. The van der Waals surface area contributed by atoms with Crippen molar-refractivity contribution >= 4 is 0 Å². The second kappa shape index (κ2) is 4.58. The van der Waals surface area contributed by atoms with Gasteiger partial charge in [-0.1, -0.05) is 72.9 Å². The fourth-order valence-electron chi connectivity index (χ4n) is 8.86. The van der Waals surface area contributed by atoms with Crippen LogP contribution in [0.5, 0.6) is 0 Å². The zero-order valence-corrected chi connectivity index (χ0v) is 15.3. The van der Waals surface area contributed by atoms with Crippen LogP contribution < -0.4 is 0 Å². The average molecular weight is 352 g/mol. The lowest BCUT2D eigenvalue weighted by Crippen LogP contribution is -2.71. The van der Waals surface area contributed by atoms with E-state index in [2.05, 4.69) is 72.9 Å². The summed E-state index contributed by atoms with van der Waals surface area (Å²) in [5.74, 6) is 8.14. The Morgan fingerprint density at radius 1 is 0.481 bits per heavy atom. The van der Waals surface area contributed by atoms with E-state index in [1.165, 1.54) is 11.1 Å². The maximum atomic E-state index is 6.67. The molecule has 6 aliphatic carbocycles. The van der Waals surface area contributed by atoms with Gasteiger partial charge < -0.3 is 4.74 Å². The third-order valence-electron chi connectivity index (χ3n) is 9.49. The Labute approximate surface area is 160 Å². The number of ether oxygens (including phenoxy) is 1. The van der Waals surface area contributed by atoms with Gasteiger partial charge in [0.05, 0.1) is 12.2 Å². The molecule has 0 unspecified atom stereocenters. The van der Waals surface area contributed by atoms with E-state index in [0.717, 1.165) is 59.2 Å². The average Bonchev–Trinajstić information content (AvgIpc) is 3.25. The van der Waals surface area contributed by atoms with Crippen LogP contribution in [0.4, 0.5) is 0 Å². The van der Waals surface area contributed by atoms with Crippen LogP contribution in [0.1, 0.15) is 23.3 Å². The minimum atomic E-state index is 0.361. The molecule has 0 N–H and O–H groups in total. The van der Waals surface area contributed by atoms with Gasteiger partial charge in [-0.15, -0.1) is 0 Å². The van der Waals surface area contributed by atoms with Crippen LogP contribution in [0.15, 0.2) is 72.9 Å². The first-order valence-electron chi connectivity index (χ1n) is 10.9. The predicted octanol–water partition coefficient (Wildman–Crippen LogP) is 5.27. The molecule has 4 bridgehead atoms. The zero-order valence-electron chi connectivity index (χ0n) is 15.3. The van der Waals surface area contributed by atoms with E-state index in [9.17, 15) is 0 Å². The molecule has 12 atom stereocenters. The van der Waals surface area contributed by atoms with Gasteiger partial charge in [0, 0.05) is 11.8 Å². The van der Waals surface area contributed by atoms with Gasteiger partial charge in [0.15, 0.2) is 0 Å². The Morgan fingerprint density at radius 2 is 0.963 bits per heavy atom. The lowest BCUT2D eigenvalue weighted by Gasteiger charge is -2.75. The maximum Gasteiger partial charge on any atom is 0.0874 e. The molecule has 0 radical (unpaired) electrons. The summed E-state index contributed by atoms with van der Waals surface area (Å²) in [5, 5.41) is 0. The maximum absolute atomic E-state index is 6.67.